The van der Waals surface area contributed by atoms with Crippen LogP contribution in [0.1, 0.15) is 15.9 Å². The van der Waals surface area contributed by atoms with E-state index in [1.165, 1.54) is 0 Å². The Labute approximate surface area is 81.3 Å². The molecule has 1 rings (SSSR count). The highest BCUT2D eigenvalue weighted by molar-refractivity contribution is 6.33. The Morgan fingerprint density at radius 2 is 2.17 bits per heavy atom. The van der Waals surface area contributed by atoms with Gasteiger partial charge in [-0.15, -0.1) is 11.6 Å². The van der Waals surface area contributed by atoms with Gasteiger partial charge in [-0.2, -0.15) is 0 Å². The average Bonchev–Trinajstić information content (AvgIpc) is 2.05. The summed E-state index contributed by atoms with van der Waals surface area (Å²) in [7, 11) is 0. The smallest absolute Gasteiger partial charge is 0.151 e. The average molecular weight is 203 g/mol. The minimum atomic E-state index is 0.493. The second-order valence-electron chi connectivity index (χ2n) is 2.41. The zero-order chi connectivity index (χ0) is 8.97. The molecule has 0 aliphatic heterocycles. The number of hydrogen-bond acceptors (Lipinski definition) is 1. The number of benzene rings is 1. The number of aryl methyl sites for hydroxylation is 1. The van der Waals surface area contributed by atoms with Gasteiger partial charge in [0.15, 0.2) is 6.29 Å². The molecule has 12 heavy (non-hydrogen) atoms. The lowest BCUT2D eigenvalue weighted by molar-refractivity contribution is 0.112. The van der Waals surface area contributed by atoms with Crippen LogP contribution in [0.2, 0.25) is 5.02 Å². The minimum absolute atomic E-state index is 0.493. The molecule has 0 N–H and O–H groups in total. The van der Waals surface area contributed by atoms with Gasteiger partial charge in [0, 0.05) is 11.4 Å². The molecule has 1 aromatic rings. The van der Waals surface area contributed by atoms with E-state index in [2.05, 4.69) is 0 Å². The Kier molecular flexibility index (Phi) is 3.57. The monoisotopic (exact) mass is 202 g/mol. The van der Waals surface area contributed by atoms with Gasteiger partial charge in [-0.05, 0) is 24.1 Å². The quantitative estimate of drug-likeness (QED) is 0.545. The van der Waals surface area contributed by atoms with Gasteiger partial charge in [-0.3, -0.25) is 4.79 Å². The van der Waals surface area contributed by atoms with Crippen LogP contribution >= 0.6 is 23.2 Å². The maximum absolute atomic E-state index is 10.4. The van der Waals surface area contributed by atoms with Crippen LogP contribution in [0.25, 0.3) is 0 Å². The summed E-state index contributed by atoms with van der Waals surface area (Å²) in [4.78, 5) is 10.4. The highest BCUT2D eigenvalue weighted by atomic mass is 35.5. The molecule has 0 heterocycles. The summed E-state index contributed by atoms with van der Waals surface area (Å²) in [6.07, 6.45) is 1.52. The fourth-order valence-corrected chi connectivity index (χ4v) is 1.40. The molecule has 1 nitrogen and oxygen atoms in total. The highest BCUT2D eigenvalue weighted by Gasteiger charge is 1.99. The molecule has 0 spiro atoms. The molecule has 0 fully saturated rings. The van der Waals surface area contributed by atoms with E-state index in [0.29, 0.717) is 16.5 Å². The van der Waals surface area contributed by atoms with E-state index < -0.39 is 0 Å². The SMILES string of the molecule is O=Cc1ccc(CCCl)cc1Cl. The lowest BCUT2D eigenvalue weighted by Crippen LogP contribution is -1.88. The van der Waals surface area contributed by atoms with E-state index >= 15 is 0 Å². The molecule has 0 atom stereocenters. The summed E-state index contributed by atoms with van der Waals surface area (Å²) in [6, 6.07) is 5.34. The first-order valence-corrected chi connectivity index (χ1v) is 4.48. The van der Waals surface area contributed by atoms with Crippen molar-refractivity contribution in [3.8, 4) is 0 Å². The summed E-state index contributed by atoms with van der Waals surface area (Å²) in [6.45, 7) is 0. The first kappa shape index (κ1) is 9.56. The van der Waals surface area contributed by atoms with Gasteiger partial charge < -0.3 is 0 Å². The largest absolute Gasteiger partial charge is 0.298 e. The normalized spacial score (nSPS) is 9.83. The van der Waals surface area contributed by atoms with E-state index in [1.54, 1.807) is 12.1 Å². The summed E-state index contributed by atoms with van der Waals surface area (Å²) in [5.74, 6) is 0.566. The van der Waals surface area contributed by atoms with Crippen molar-refractivity contribution in [1.29, 1.82) is 0 Å². The number of halogens is 2. The molecule has 0 bridgehead atoms. The predicted octanol–water partition coefficient (Wildman–Crippen LogP) is 2.93. The molecule has 64 valence electrons. The van der Waals surface area contributed by atoms with Crippen LogP contribution in [0, 0.1) is 0 Å². The second-order valence-corrected chi connectivity index (χ2v) is 3.20. The maximum Gasteiger partial charge on any atom is 0.151 e. The van der Waals surface area contributed by atoms with Crippen LogP contribution < -0.4 is 0 Å². The third kappa shape index (κ3) is 2.23. The van der Waals surface area contributed by atoms with Crippen molar-refractivity contribution in [2.45, 2.75) is 6.42 Å². The topological polar surface area (TPSA) is 17.1 Å². The molecule has 0 aliphatic carbocycles. The van der Waals surface area contributed by atoms with Crippen LogP contribution in [-0.4, -0.2) is 12.2 Å². The van der Waals surface area contributed by atoms with E-state index in [9.17, 15) is 4.79 Å². The summed E-state index contributed by atoms with van der Waals surface area (Å²) < 4.78 is 0. The number of aldehydes is 1. The minimum Gasteiger partial charge on any atom is -0.298 e. The van der Waals surface area contributed by atoms with Gasteiger partial charge in [0.1, 0.15) is 0 Å². The number of carbonyl (C=O) groups is 1. The van der Waals surface area contributed by atoms with Gasteiger partial charge >= 0.3 is 0 Å². The Morgan fingerprint density at radius 1 is 1.42 bits per heavy atom. The molecular weight excluding hydrogens is 195 g/mol. The molecule has 0 radical (unpaired) electrons. The molecule has 3 heteroatoms. The Morgan fingerprint density at radius 3 is 2.67 bits per heavy atom. The van der Waals surface area contributed by atoms with Gasteiger partial charge in [0.25, 0.3) is 0 Å². The van der Waals surface area contributed by atoms with E-state index in [1.807, 2.05) is 6.07 Å². The van der Waals surface area contributed by atoms with Gasteiger partial charge in [-0.25, -0.2) is 0 Å². The molecule has 0 aromatic heterocycles. The lowest BCUT2D eigenvalue weighted by atomic mass is 10.1. The van der Waals surface area contributed by atoms with Crippen molar-refractivity contribution >= 4 is 29.5 Å². The van der Waals surface area contributed by atoms with Crippen LogP contribution in [0.3, 0.4) is 0 Å². The molecule has 0 saturated heterocycles. The number of rotatable bonds is 3. The lowest BCUT2D eigenvalue weighted by Gasteiger charge is -1.99. The molecular formula is C9H8Cl2O. The second kappa shape index (κ2) is 4.48. The van der Waals surface area contributed by atoms with E-state index in [-0.39, 0.29) is 0 Å². The Hall–Kier alpha value is -0.530. The predicted molar refractivity (Wildman–Crippen MR) is 51.3 cm³/mol. The van der Waals surface area contributed by atoms with Crippen molar-refractivity contribution < 1.29 is 4.79 Å². The van der Waals surface area contributed by atoms with Crippen LogP contribution in [0.4, 0.5) is 0 Å². The molecule has 0 amide bonds. The van der Waals surface area contributed by atoms with Crippen molar-refractivity contribution in [1.82, 2.24) is 0 Å². The zero-order valence-corrected chi connectivity index (χ0v) is 7.90. The van der Waals surface area contributed by atoms with E-state index in [0.717, 1.165) is 18.3 Å². The highest BCUT2D eigenvalue weighted by Crippen LogP contribution is 2.16. The maximum atomic E-state index is 10.4. The summed E-state index contributed by atoms with van der Waals surface area (Å²) in [5, 5.41) is 0.493. The summed E-state index contributed by atoms with van der Waals surface area (Å²) in [5.41, 5.74) is 1.58. The van der Waals surface area contributed by atoms with Crippen molar-refractivity contribution in [3.63, 3.8) is 0 Å². The van der Waals surface area contributed by atoms with Gasteiger partial charge in [0.05, 0.1) is 5.02 Å². The molecule has 0 aliphatic rings. The van der Waals surface area contributed by atoms with Gasteiger partial charge in [0.2, 0.25) is 0 Å². The van der Waals surface area contributed by atoms with E-state index in [4.69, 9.17) is 23.2 Å². The number of hydrogen-bond donors (Lipinski definition) is 0. The van der Waals surface area contributed by atoms with Crippen LogP contribution in [-0.2, 0) is 6.42 Å². The van der Waals surface area contributed by atoms with Crippen molar-refractivity contribution in [3.05, 3.63) is 34.3 Å². The Balaban J connectivity index is 2.93. The third-order valence-corrected chi connectivity index (χ3v) is 2.09. The molecule has 0 saturated carbocycles. The van der Waals surface area contributed by atoms with Crippen molar-refractivity contribution in [2.24, 2.45) is 0 Å². The fourth-order valence-electron chi connectivity index (χ4n) is 0.931. The number of alkyl halides is 1. The van der Waals surface area contributed by atoms with Gasteiger partial charge in [-0.1, -0.05) is 17.7 Å². The molecule has 1 aromatic carbocycles. The standard InChI is InChI=1S/C9H8Cl2O/c10-4-3-7-1-2-8(6-12)9(11)5-7/h1-2,5-6H,3-4H2. The van der Waals surface area contributed by atoms with Crippen molar-refractivity contribution in [2.75, 3.05) is 5.88 Å². The van der Waals surface area contributed by atoms with Crippen LogP contribution in [0.5, 0.6) is 0 Å². The fraction of sp³-hybridized carbons (Fsp3) is 0.222. The first-order chi connectivity index (χ1) is 5.77. The molecule has 0 unspecified atom stereocenters. The Bertz CT molecular complexity index is 284. The summed E-state index contributed by atoms with van der Waals surface area (Å²) >= 11 is 11.3. The van der Waals surface area contributed by atoms with Crippen LogP contribution in [0.15, 0.2) is 18.2 Å². The third-order valence-electron chi connectivity index (χ3n) is 1.57. The number of carbonyl (C=O) groups excluding carboxylic acids is 1. The zero-order valence-electron chi connectivity index (χ0n) is 6.39. The first-order valence-electron chi connectivity index (χ1n) is 3.57.